The number of halogens is 1. The Balaban J connectivity index is 0.00000312. The van der Waals surface area contributed by atoms with E-state index in [1.807, 2.05) is 13.0 Å². The molecule has 0 bridgehead atoms. The van der Waals surface area contributed by atoms with Gasteiger partial charge < -0.3 is 10.6 Å². The average Bonchev–Trinajstić information content (AvgIpc) is 3.06. The first kappa shape index (κ1) is 21.9. The van der Waals surface area contributed by atoms with Crippen molar-refractivity contribution < 1.29 is 8.42 Å². The van der Waals surface area contributed by atoms with Crippen LogP contribution in [0.4, 0.5) is 0 Å². The highest BCUT2D eigenvalue weighted by atomic mass is 127. The number of guanidine groups is 1. The van der Waals surface area contributed by atoms with Crippen LogP contribution in [0.2, 0.25) is 0 Å². The summed E-state index contributed by atoms with van der Waals surface area (Å²) in [5.74, 6) is 0.711. The molecule has 25 heavy (non-hydrogen) atoms. The van der Waals surface area contributed by atoms with Gasteiger partial charge in [-0.1, -0.05) is 30.4 Å². The van der Waals surface area contributed by atoms with Crippen molar-refractivity contribution in [2.45, 2.75) is 37.2 Å². The molecule has 0 fully saturated rings. The Morgan fingerprint density at radius 3 is 2.48 bits per heavy atom. The highest BCUT2D eigenvalue weighted by Gasteiger charge is 2.20. The molecular weight excluding hydrogens is 451 g/mol. The fraction of sp³-hybridized carbons (Fsp3) is 0.471. The number of hydrogen-bond donors (Lipinski definition) is 2. The third-order valence-corrected chi connectivity index (χ3v) is 5.75. The van der Waals surface area contributed by atoms with Crippen LogP contribution in [-0.2, 0) is 16.6 Å². The standard InChI is InChI=1S/C17H26N4O2S.HI/c1-4-18-17(20-15-10-6-7-11-15)19-13-14-9-5-8-12-16(14)24(22,23)21(2)3;/h5-9,12,15H,4,10-11,13H2,1-3H3,(H2,18,19,20);1H. The molecule has 0 aliphatic heterocycles. The molecule has 0 unspecified atom stereocenters. The summed E-state index contributed by atoms with van der Waals surface area (Å²) in [5, 5.41) is 6.60. The van der Waals surface area contributed by atoms with E-state index in [1.54, 1.807) is 18.2 Å². The topological polar surface area (TPSA) is 73.8 Å². The Morgan fingerprint density at radius 2 is 1.88 bits per heavy atom. The normalized spacial score (nSPS) is 15.3. The van der Waals surface area contributed by atoms with Crippen molar-refractivity contribution in [1.29, 1.82) is 0 Å². The van der Waals surface area contributed by atoms with E-state index in [-0.39, 0.29) is 24.0 Å². The van der Waals surface area contributed by atoms with Gasteiger partial charge in [-0.25, -0.2) is 17.7 Å². The first-order valence-electron chi connectivity index (χ1n) is 8.15. The van der Waals surface area contributed by atoms with Crippen LogP contribution < -0.4 is 10.6 Å². The van der Waals surface area contributed by atoms with Crippen LogP contribution in [0.15, 0.2) is 46.3 Å². The van der Waals surface area contributed by atoms with E-state index >= 15 is 0 Å². The highest BCUT2D eigenvalue weighted by molar-refractivity contribution is 14.0. The molecule has 2 rings (SSSR count). The second-order valence-corrected chi connectivity index (χ2v) is 7.99. The average molecular weight is 478 g/mol. The van der Waals surface area contributed by atoms with Crippen LogP contribution in [-0.4, -0.2) is 45.4 Å². The quantitative estimate of drug-likeness (QED) is 0.285. The lowest BCUT2D eigenvalue weighted by atomic mass is 10.2. The molecule has 0 heterocycles. The number of nitrogens with one attached hydrogen (secondary N) is 2. The van der Waals surface area contributed by atoms with Gasteiger partial charge in [0.25, 0.3) is 0 Å². The van der Waals surface area contributed by atoms with Crippen LogP contribution in [0.5, 0.6) is 0 Å². The van der Waals surface area contributed by atoms with E-state index in [0.717, 1.165) is 19.4 Å². The molecule has 6 nitrogen and oxygen atoms in total. The third kappa shape index (κ3) is 5.96. The van der Waals surface area contributed by atoms with Crippen molar-refractivity contribution in [1.82, 2.24) is 14.9 Å². The Morgan fingerprint density at radius 1 is 1.24 bits per heavy atom. The van der Waals surface area contributed by atoms with Gasteiger partial charge in [0.1, 0.15) is 0 Å². The van der Waals surface area contributed by atoms with Crippen molar-refractivity contribution in [3.05, 3.63) is 42.0 Å². The maximum absolute atomic E-state index is 12.4. The van der Waals surface area contributed by atoms with Gasteiger partial charge in [-0.05, 0) is 31.4 Å². The first-order chi connectivity index (χ1) is 11.4. The lowest BCUT2D eigenvalue weighted by Gasteiger charge is -2.17. The number of nitrogens with zero attached hydrogens (tertiary/aromatic N) is 2. The van der Waals surface area contributed by atoms with Crippen molar-refractivity contribution in [3.63, 3.8) is 0 Å². The summed E-state index contributed by atoms with van der Waals surface area (Å²) in [6, 6.07) is 7.35. The van der Waals surface area contributed by atoms with E-state index in [4.69, 9.17) is 0 Å². The number of aliphatic imine (C=N–C) groups is 1. The van der Waals surface area contributed by atoms with Crippen LogP contribution >= 0.6 is 24.0 Å². The smallest absolute Gasteiger partial charge is 0.242 e. The number of sulfonamides is 1. The Bertz CT molecular complexity index is 709. The zero-order chi connectivity index (χ0) is 17.6. The Kier molecular flexibility index (Phi) is 8.87. The van der Waals surface area contributed by atoms with Gasteiger partial charge in [0.2, 0.25) is 10.0 Å². The van der Waals surface area contributed by atoms with Crippen LogP contribution in [0, 0.1) is 0 Å². The van der Waals surface area contributed by atoms with Gasteiger partial charge in [-0.15, -0.1) is 24.0 Å². The minimum atomic E-state index is -3.48. The molecule has 0 saturated heterocycles. The van der Waals surface area contributed by atoms with E-state index in [9.17, 15) is 8.42 Å². The summed E-state index contributed by atoms with van der Waals surface area (Å²) in [4.78, 5) is 4.87. The molecular formula is C17H27IN4O2S. The van der Waals surface area contributed by atoms with Crippen LogP contribution in [0.1, 0.15) is 25.3 Å². The van der Waals surface area contributed by atoms with Gasteiger partial charge in [0, 0.05) is 26.7 Å². The highest BCUT2D eigenvalue weighted by Crippen LogP contribution is 2.19. The zero-order valence-corrected chi connectivity index (χ0v) is 18.0. The van der Waals surface area contributed by atoms with Crippen LogP contribution in [0.3, 0.4) is 0 Å². The lowest BCUT2D eigenvalue weighted by Crippen LogP contribution is -2.42. The number of rotatable bonds is 6. The maximum Gasteiger partial charge on any atom is 0.242 e. The Labute approximate surface area is 167 Å². The van der Waals surface area contributed by atoms with Crippen molar-refractivity contribution >= 4 is 40.0 Å². The number of hydrogen-bond acceptors (Lipinski definition) is 3. The minimum absolute atomic E-state index is 0. The molecule has 0 aromatic heterocycles. The van der Waals surface area contributed by atoms with Crippen molar-refractivity contribution in [2.75, 3.05) is 20.6 Å². The lowest BCUT2D eigenvalue weighted by molar-refractivity contribution is 0.519. The fourth-order valence-electron chi connectivity index (χ4n) is 2.50. The SMILES string of the molecule is CCNC(=NCc1ccccc1S(=O)(=O)N(C)C)NC1CC=CC1.I. The van der Waals surface area contributed by atoms with E-state index in [1.165, 1.54) is 18.4 Å². The second kappa shape index (κ2) is 10.1. The van der Waals surface area contributed by atoms with E-state index in [0.29, 0.717) is 29.0 Å². The van der Waals surface area contributed by atoms with Gasteiger partial charge >= 0.3 is 0 Å². The molecule has 0 spiro atoms. The maximum atomic E-state index is 12.4. The molecule has 0 amide bonds. The third-order valence-electron chi connectivity index (χ3n) is 3.83. The molecule has 1 aromatic carbocycles. The molecule has 0 saturated carbocycles. The second-order valence-electron chi connectivity index (χ2n) is 5.87. The number of benzene rings is 1. The van der Waals surface area contributed by atoms with Gasteiger partial charge in [-0.2, -0.15) is 0 Å². The molecule has 1 aromatic rings. The molecule has 2 N–H and O–H groups in total. The Hall–Kier alpha value is -1.13. The van der Waals surface area contributed by atoms with E-state index < -0.39 is 10.0 Å². The fourth-order valence-corrected chi connectivity index (χ4v) is 3.60. The molecule has 140 valence electrons. The molecule has 0 radical (unpaired) electrons. The van der Waals surface area contributed by atoms with Gasteiger partial charge in [-0.3, -0.25) is 0 Å². The molecule has 1 aliphatic rings. The summed E-state index contributed by atoms with van der Waals surface area (Å²) in [6.07, 6.45) is 6.27. The first-order valence-corrected chi connectivity index (χ1v) is 9.59. The molecule has 1 aliphatic carbocycles. The largest absolute Gasteiger partial charge is 0.357 e. The summed E-state index contributed by atoms with van der Waals surface area (Å²) < 4.78 is 26.1. The van der Waals surface area contributed by atoms with Crippen molar-refractivity contribution in [2.24, 2.45) is 4.99 Å². The zero-order valence-electron chi connectivity index (χ0n) is 14.9. The molecule has 0 atom stereocenters. The summed E-state index contributed by atoms with van der Waals surface area (Å²) in [5.41, 5.74) is 0.688. The van der Waals surface area contributed by atoms with Gasteiger partial charge in [0.05, 0.1) is 11.4 Å². The predicted molar refractivity (Wildman–Crippen MR) is 113 cm³/mol. The molecule has 8 heteroatoms. The summed E-state index contributed by atoms with van der Waals surface area (Å²) >= 11 is 0. The van der Waals surface area contributed by atoms with Gasteiger partial charge in [0.15, 0.2) is 5.96 Å². The van der Waals surface area contributed by atoms with Crippen LogP contribution in [0.25, 0.3) is 0 Å². The minimum Gasteiger partial charge on any atom is -0.357 e. The van der Waals surface area contributed by atoms with E-state index in [2.05, 4.69) is 27.8 Å². The predicted octanol–water partition coefficient (Wildman–Crippen LogP) is 2.33. The monoisotopic (exact) mass is 478 g/mol. The summed E-state index contributed by atoms with van der Waals surface area (Å²) in [6.45, 7) is 3.07. The van der Waals surface area contributed by atoms with Crippen molar-refractivity contribution in [3.8, 4) is 0 Å². The summed E-state index contributed by atoms with van der Waals surface area (Å²) in [7, 11) is -0.405.